The summed E-state index contributed by atoms with van der Waals surface area (Å²) in [6, 6.07) is 9.22. The van der Waals surface area contributed by atoms with Crippen molar-refractivity contribution in [2.75, 3.05) is 0 Å². The van der Waals surface area contributed by atoms with Crippen molar-refractivity contribution in [1.29, 1.82) is 0 Å². The van der Waals surface area contributed by atoms with Crippen molar-refractivity contribution >= 4 is 44.7 Å². The molecule has 0 saturated heterocycles. The van der Waals surface area contributed by atoms with Crippen LogP contribution in [0.1, 0.15) is 18.0 Å². The maximum atomic E-state index is 12.6. The van der Waals surface area contributed by atoms with Crippen LogP contribution in [-0.4, -0.2) is 9.97 Å². The Balaban J connectivity index is 1.72. The van der Waals surface area contributed by atoms with Gasteiger partial charge in [-0.15, -0.1) is 22.7 Å². The summed E-state index contributed by atoms with van der Waals surface area (Å²) in [6.45, 7) is 1.93. The second kappa shape index (κ2) is 6.62. The van der Waals surface area contributed by atoms with E-state index in [1.807, 2.05) is 35.9 Å². The summed E-state index contributed by atoms with van der Waals surface area (Å²) in [5.74, 6) is 0.575. The Morgan fingerprint density at radius 2 is 2.16 bits per heavy atom. The third-order valence-corrected chi connectivity index (χ3v) is 6.63. The molecular formula is C17H13N3O2S3. The monoisotopic (exact) mass is 387 g/mol. The molecule has 4 heterocycles. The summed E-state index contributed by atoms with van der Waals surface area (Å²) < 4.78 is 0.817. The Labute approximate surface area is 155 Å². The second-order valence-corrected chi connectivity index (χ2v) is 8.55. The van der Waals surface area contributed by atoms with Crippen molar-refractivity contribution < 1.29 is 4.73 Å². The lowest BCUT2D eigenvalue weighted by Crippen LogP contribution is -2.28. The quantitative estimate of drug-likeness (QED) is 0.324. The van der Waals surface area contributed by atoms with Crippen LogP contribution < -0.4 is 10.3 Å². The standard InChI is InChI=1S/C17H13N3O2S3/c1-10(25-13-6-2-3-7-20(13)22)15-18-16(21)14-11(9-24-17(14)19-15)12-5-4-8-23-12/h2-10H,1H3,(H,18,19,21)/t10-/m0/s1. The van der Waals surface area contributed by atoms with Crippen LogP contribution in [0.2, 0.25) is 0 Å². The summed E-state index contributed by atoms with van der Waals surface area (Å²) in [5.41, 5.74) is 0.788. The van der Waals surface area contributed by atoms with Crippen LogP contribution in [0.3, 0.4) is 0 Å². The number of aromatic amines is 1. The molecule has 25 heavy (non-hydrogen) atoms. The molecule has 0 spiro atoms. The van der Waals surface area contributed by atoms with Crippen molar-refractivity contribution in [2.24, 2.45) is 0 Å². The average Bonchev–Trinajstić information content (AvgIpc) is 3.25. The highest BCUT2D eigenvalue weighted by atomic mass is 32.2. The Morgan fingerprint density at radius 3 is 2.92 bits per heavy atom. The van der Waals surface area contributed by atoms with Gasteiger partial charge in [0.15, 0.2) is 6.20 Å². The SMILES string of the molecule is C[C@H](Sc1cccc[n+]1[O-])c1nc2scc(-c3cccs3)c2c(=O)[nH]1. The van der Waals surface area contributed by atoms with E-state index in [1.54, 1.807) is 23.5 Å². The van der Waals surface area contributed by atoms with Crippen molar-refractivity contribution in [3.8, 4) is 10.4 Å². The summed E-state index contributed by atoms with van der Waals surface area (Å²) in [6.07, 6.45) is 1.46. The second-order valence-electron chi connectivity index (χ2n) is 5.38. The minimum Gasteiger partial charge on any atom is -0.618 e. The Kier molecular flexibility index (Phi) is 4.32. The van der Waals surface area contributed by atoms with E-state index < -0.39 is 0 Å². The van der Waals surface area contributed by atoms with E-state index in [2.05, 4.69) is 9.97 Å². The molecule has 0 aliphatic heterocycles. The Morgan fingerprint density at radius 1 is 1.28 bits per heavy atom. The molecule has 0 radical (unpaired) electrons. The van der Waals surface area contributed by atoms with Gasteiger partial charge in [0.05, 0.1) is 10.6 Å². The maximum Gasteiger partial charge on any atom is 0.260 e. The highest BCUT2D eigenvalue weighted by Gasteiger charge is 2.19. The minimum absolute atomic E-state index is 0.139. The summed E-state index contributed by atoms with van der Waals surface area (Å²) in [7, 11) is 0. The van der Waals surface area contributed by atoms with Crippen LogP contribution in [0.4, 0.5) is 0 Å². The van der Waals surface area contributed by atoms with Gasteiger partial charge in [0.2, 0.25) is 0 Å². The zero-order valence-electron chi connectivity index (χ0n) is 13.1. The van der Waals surface area contributed by atoms with Crippen LogP contribution in [0.5, 0.6) is 0 Å². The third kappa shape index (κ3) is 3.08. The van der Waals surface area contributed by atoms with Gasteiger partial charge in [-0.1, -0.05) is 6.07 Å². The fraction of sp³-hybridized carbons (Fsp3) is 0.118. The van der Waals surface area contributed by atoms with Crippen molar-refractivity contribution in [3.63, 3.8) is 0 Å². The largest absolute Gasteiger partial charge is 0.618 e. The first kappa shape index (κ1) is 16.3. The number of nitrogens with one attached hydrogen (secondary N) is 1. The number of aromatic nitrogens is 3. The molecule has 0 bridgehead atoms. The third-order valence-electron chi connectivity index (χ3n) is 3.72. The summed E-state index contributed by atoms with van der Waals surface area (Å²) in [5, 5.41) is 16.8. The number of thioether (sulfide) groups is 1. The first-order chi connectivity index (χ1) is 12.1. The van der Waals surface area contributed by atoms with Gasteiger partial charge >= 0.3 is 0 Å². The molecule has 0 aromatic carbocycles. The molecule has 0 aliphatic carbocycles. The van der Waals surface area contributed by atoms with Gasteiger partial charge in [0.1, 0.15) is 10.7 Å². The van der Waals surface area contributed by atoms with Gasteiger partial charge < -0.3 is 10.2 Å². The highest BCUT2D eigenvalue weighted by Crippen LogP contribution is 2.35. The number of fused-ring (bicyclic) bond motifs is 1. The van der Waals surface area contributed by atoms with E-state index in [1.165, 1.54) is 29.3 Å². The first-order valence-corrected chi connectivity index (χ1v) is 10.2. The van der Waals surface area contributed by atoms with Crippen molar-refractivity contribution in [2.45, 2.75) is 17.2 Å². The van der Waals surface area contributed by atoms with E-state index in [-0.39, 0.29) is 10.8 Å². The molecule has 4 rings (SSSR count). The van der Waals surface area contributed by atoms with Gasteiger partial charge in [0, 0.05) is 28.0 Å². The minimum atomic E-state index is -0.146. The van der Waals surface area contributed by atoms with Gasteiger partial charge in [-0.2, -0.15) is 4.73 Å². The first-order valence-electron chi connectivity index (χ1n) is 7.53. The van der Waals surface area contributed by atoms with E-state index in [4.69, 9.17) is 0 Å². The molecule has 0 aliphatic rings. The zero-order chi connectivity index (χ0) is 17.4. The Bertz CT molecular complexity index is 1090. The highest BCUT2D eigenvalue weighted by molar-refractivity contribution is 7.99. The predicted octanol–water partition coefficient (Wildman–Crippen LogP) is 4.20. The van der Waals surface area contributed by atoms with Crippen LogP contribution in [0.15, 0.2) is 57.1 Å². The van der Waals surface area contributed by atoms with E-state index in [9.17, 15) is 10.0 Å². The number of rotatable bonds is 4. The van der Waals surface area contributed by atoms with Gasteiger partial charge in [-0.3, -0.25) is 4.79 Å². The molecular weight excluding hydrogens is 374 g/mol. The van der Waals surface area contributed by atoms with Crippen molar-refractivity contribution in [3.05, 3.63) is 68.7 Å². The van der Waals surface area contributed by atoms with Gasteiger partial charge in [-0.05, 0) is 36.2 Å². The number of hydrogen-bond donors (Lipinski definition) is 1. The number of H-pyrrole nitrogens is 1. The molecule has 5 nitrogen and oxygen atoms in total. The van der Waals surface area contributed by atoms with E-state index in [0.29, 0.717) is 16.2 Å². The van der Waals surface area contributed by atoms with Crippen molar-refractivity contribution in [1.82, 2.24) is 9.97 Å². The molecule has 1 atom stereocenters. The maximum absolute atomic E-state index is 12.6. The molecule has 8 heteroatoms. The fourth-order valence-corrected chi connectivity index (χ4v) is 5.19. The summed E-state index contributed by atoms with van der Waals surface area (Å²) in [4.78, 5) is 21.9. The van der Waals surface area contributed by atoms with Crippen LogP contribution >= 0.6 is 34.4 Å². The van der Waals surface area contributed by atoms with Gasteiger partial charge in [0.25, 0.3) is 10.6 Å². The molecule has 1 N–H and O–H groups in total. The smallest absolute Gasteiger partial charge is 0.260 e. The number of pyridine rings is 1. The van der Waals surface area contributed by atoms with E-state index >= 15 is 0 Å². The number of hydrogen-bond acceptors (Lipinski definition) is 6. The van der Waals surface area contributed by atoms with Gasteiger partial charge in [-0.25, -0.2) is 4.98 Å². The average molecular weight is 388 g/mol. The zero-order valence-corrected chi connectivity index (χ0v) is 15.6. The molecule has 4 aromatic heterocycles. The molecule has 0 unspecified atom stereocenters. The molecule has 126 valence electrons. The fourth-order valence-electron chi connectivity index (χ4n) is 2.51. The lowest BCUT2D eigenvalue weighted by molar-refractivity contribution is -0.645. The lowest BCUT2D eigenvalue weighted by atomic mass is 10.2. The van der Waals surface area contributed by atoms with E-state index in [0.717, 1.165) is 20.0 Å². The Hall–Kier alpha value is -2.16. The lowest BCUT2D eigenvalue weighted by Gasteiger charge is -2.10. The molecule has 0 fully saturated rings. The van der Waals surface area contributed by atoms with Crippen LogP contribution in [-0.2, 0) is 0 Å². The number of thiophene rings is 2. The molecule has 4 aromatic rings. The van der Waals surface area contributed by atoms with Crippen LogP contribution in [0.25, 0.3) is 20.7 Å². The number of nitrogens with zero attached hydrogens (tertiary/aromatic N) is 2. The summed E-state index contributed by atoms with van der Waals surface area (Å²) >= 11 is 4.44. The normalized spacial score (nSPS) is 12.5. The van der Waals surface area contributed by atoms with Crippen LogP contribution in [0, 0.1) is 5.21 Å². The molecule has 0 saturated carbocycles. The topological polar surface area (TPSA) is 72.7 Å². The molecule has 0 amide bonds. The predicted molar refractivity (Wildman–Crippen MR) is 103 cm³/mol.